The molecule has 0 heterocycles. The highest BCUT2D eigenvalue weighted by molar-refractivity contribution is 6.17. The van der Waals surface area contributed by atoms with Crippen molar-refractivity contribution in [1.29, 1.82) is 0 Å². The monoisotopic (exact) mass is 658 g/mol. The Morgan fingerprint density at radius 2 is 0.705 bits per heavy atom. The smallest absolute Gasteiger partial charge is 0.305 e. The molecule has 0 rings (SSSR count). The Morgan fingerprint density at radius 3 is 1.09 bits per heavy atom. The van der Waals surface area contributed by atoms with Crippen LogP contribution in [0.25, 0.3) is 0 Å². The molecule has 44 heavy (non-hydrogen) atoms. The summed E-state index contributed by atoms with van der Waals surface area (Å²) in [6, 6.07) is 0. The number of alkyl halides is 1. The third kappa shape index (κ3) is 39.4. The Balaban J connectivity index is 3.08. The minimum Gasteiger partial charge on any atom is -0.463 e. The van der Waals surface area contributed by atoms with Gasteiger partial charge in [0.15, 0.2) is 0 Å². The maximum absolute atomic E-state index is 11.6. The summed E-state index contributed by atoms with van der Waals surface area (Å²) in [4.78, 5) is 11.6. The molecule has 0 aromatic heterocycles. The maximum atomic E-state index is 11.6. The predicted molar refractivity (Wildman–Crippen MR) is 171 cm³/mol. The second kappa shape index (κ2) is 40.4. The normalized spacial score (nSPS) is 11.4. The Hall–Kier alpha value is -0.600. The topological polar surface area (TPSA) is 109 Å². The SMILES string of the molecule is CCCCCCCC(=O)OCCOCCOCCOCCOCCOCCOCCOCCOCCOCCCCCCCl. The van der Waals surface area contributed by atoms with Crippen molar-refractivity contribution in [2.45, 2.75) is 71.1 Å². The lowest BCUT2D eigenvalue weighted by molar-refractivity contribution is -0.145. The van der Waals surface area contributed by atoms with Gasteiger partial charge < -0.3 is 47.4 Å². The first kappa shape index (κ1) is 43.4. The molecule has 12 heteroatoms. The van der Waals surface area contributed by atoms with Crippen molar-refractivity contribution < 1.29 is 52.2 Å². The molecule has 0 bridgehead atoms. The summed E-state index contributed by atoms with van der Waals surface area (Å²) in [5.41, 5.74) is 0. The molecule has 0 aromatic rings. The number of carbonyl (C=O) groups excluding carboxylic acids is 1. The van der Waals surface area contributed by atoms with Crippen LogP contribution in [-0.2, 0) is 52.2 Å². The highest BCUT2D eigenvalue weighted by atomic mass is 35.5. The first-order valence-corrected chi connectivity index (χ1v) is 17.3. The highest BCUT2D eigenvalue weighted by Gasteiger charge is 2.02. The molecule has 0 saturated heterocycles. The zero-order chi connectivity index (χ0) is 31.9. The molecule has 0 radical (unpaired) electrons. The van der Waals surface area contributed by atoms with E-state index in [9.17, 15) is 4.79 Å². The summed E-state index contributed by atoms with van der Waals surface area (Å²) >= 11 is 5.65. The number of hydrogen-bond donors (Lipinski definition) is 0. The fourth-order valence-corrected chi connectivity index (χ4v) is 3.86. The maximum Gasteiger partial charge on any atom is 0.305 e. The lowest BCUT2D eigenvalue weighted by Crippen LogP contribution is -2.15. The molecular formula is C32H63ClO11. The number of halogens is 1. The van der Waals surface area contributed by atoms with Crippen LogP contribution in [0, 0.1) is 0 Å². The molecule has 0 aliphatic rings. The van der Waals surface area contributed by atoms with Gasteiger partial charge in [0.05, 0.1) is 112 Å². The number of unbranched alkanes of at least 4 members (excludes halogenated alkanes) is 7. The van der Waals surface area contributed by atoms with Gasteiger partial charge >= 0.3 is 5.97 Å². The van der Waals surface area contributed by atoms with Crippen molar-refractivity contribution in [3.63, 3.8) is 0 Å². The van der Waals surface area contributed by atoms with Gasteiger partial charge in [0.2, 0.25) is 0 Å². The fourth-order valence-electron chi connectivity index (χ4n) is 3.67. The van der Waals surface area contributed by atoms with E-state index in [0.717, 1.165) is 38.2 Å². The second-order valence-electron chi connectivity index (χ2n) is 10.00. The summed E-state index contributed by atoms with van der Waals surface area (Å²) in [5, 5.41) is 0. The number of hydrogen-bond acceptors (Lipinski definition) is 11. The molecule has 0 aliphatic heterocycles. The van der Waals surface area contributed by atoms with E-state index in [1.54, 1.807) is 0 Å². The van der Waals surface area contributed by atoms with Crippen LogP contribution >= 0.6 is 11.6 Å². The molecule has 0 spiro atoms. The van der Waals surface area contributed by atoms with E-state index < -0.39 is 0 Å². The summed E-state index contributed by atoms with van der Waals surface area (Å²) < 4.78 is 54.4. The minimum atomic E-state index is -0.145. The van der Waals surface area contributed by atoms with Gasteiger partial charge in [0.1, 0.15) is 6.61 Å². The lowest BCUT2D eigenvalue weighted by atomic mass is 10.1. The number of ether oxygens (including phenoxy) is 10. The summed E-state index contributed by atoms with van der Waals surface area (Å²) in [5.74, 6) is 0.598. The third-order valence-electron chi connectivity index (χ3n) is 6.12. The summed E-state index contributed by atoms with van der Waals surface area (Å²) in [6.45, 7) is 12.0. The quantitative estimate of drug-likeness (QED) is 0.0514. The Morgan fingerprint density at radius 1 is 0.386 bits per heavy atom. The summed E-state index contributed by atoms with van der Waals surface area (Å²) in [6.07, 6.45) is 10.6. The van der Waals surface area contributed by atoms with Crippen LogP contribution in [0.1, 0.15) is 71.1 Å². The van der Waals surface area contributed by atoms with E-state index in [2.05, 4.69) is 6.92 Å². The molecule has 0 unspecified atom stereocenters. The summed E-state index contributed by atoms with van der Waals surface area (Å²) in [7, 11) is 0. The molecule has 0 atom stereocenters. The van der Waals surface area contributed by atoms with Gasteiger partial charge in [0.25, 0.3) is 0 Å². The van der Waals surface area contributed by atoms with Crippen molar-refractivity contribution in [3.8, 4) is 0 Å². The highest BCUT2D eigenvalue weighted by Crippen LogP contribution is 2.05. The van der Waals surface area contributed by atoms with E-state index in [1.165, 1.54) is 32.1 Å². The minimum absolute atomic E-state index is 0.145. The van der Waals surface area contributed by atoms with Crippen molar-refractivity contribution in [2.24, 2.45) is 0 Å². The zero-order valence-electron chi connectivity index (χ0n) is 27.6. The van der Waals surface area contributed by atoms with Crippen LogP contribution in [0.2, 0.25) is 0 Å². The van der Waals surface area contributed by atoms with Crippen molar-refractivity contribution in [2.75, 3.05) is 131 Å². The Labute approximate surface area is 272 Å². The van der Waals surface area contributed by atoms with E-state index in [-0.39, 0.29) is 12.6 Å². The van der Waals surface area contributed by atoms with Crippen molar-refractivity contribution in [3.05, 3.63) is 0 Å². The average Bonchev–Trinajstić information content (AvgIpc) is 3.03. The van der Waals surface area contributed by atoms with E-state index in [0.29, 0.717) is 119 Å². The Kier molecular flexibility index (Phi) is 39.9. The number of carbonyl (C=O) groups is 1. The number of esters is 1. The second-order valence-corrected chi connectivity index (χ2v) is 10.4. The fraction of sp³-hybridized carbons (Fsp3) is 0.969. The van der Waals surface area contributed by atoms with Crippen molar-refractivity contribution >= 4 is 17.6 Å². The van der Waals surface area contributed by atoms with Gasteiger partial charge in [-0.25, -0.2) is 0 Å². The van der Waals surface area contributed by atoms with Gasteiger partial charge in [0, 0.05) is 18.9 Å². The first-order valence-electron chi connectivity index (χ1n) is 16.7. The molecule has 0 aromatic carbocycles. The standard InChI is InChI=1S/C32H63ClO11/c1-2-3-4-5-8-11-32(34)44-31-30-43-29-28-42-27-26-41-25-24-40-23-22-39-21-20-38-19-18-37-17-16-36-15-14-35-13-10-7-6-9-12-33/h2-31H2,1H3. The van der Waals surface area contributed by atoms with Crippen LogP contribution in [-0.4, -0.2) is 137 Å². The van der Waals surface area contributed by atoms with Crippen LogP contribution in [0.3, 0.4) is 0 Å². The third-order valence-corrected chi connectivity index (χ3v) is 6.39. The lowest BCUT2D eigenvalue weighted by Gasteiger charge is -2.09. The van der Waals surface area contributed by atoms with Gasteiger partial charge in [-0.1, -0.05) is 45.4 Å². The van der Waals surface area contributed by atoms with Gasteiger partial charge in [-0.3, -0.25) is 4.79 Å². The molecule has 0 N–H and O–H groups in total. The molecule has 264 valence electrons. The van der Waals surface area contributed by atoms with E-state index >= 15 is 0 Å². The van der Waals surface area contributed by atoms with Crippen LogP contribution in [0.15, 0.2) is 0 Å². The van der Waals surface area contributed by atoms with E-state index in [1.807, 2.05) is 0 Å². The molecular weight excluding hydrogens is 596 g/mol. The molecule has 11 nitrogen and oxygen atoms in total. The zero-order valence-corrected chi connectivity index (χ0v) is 28.3. The van der Waals surface area contributed by atoms with Crippen molar-refractivity contribution in [1.82, 2.24) is 0 Å². The first-order chi connectivity index (χ1) is 21.8. The van der Waals surface area contributed by atoms with E-state index in [4.69, 9.17) is 59.0 Å². The molecule has 0 aliphatic carbocycles. The van der Waals surface area contributed by atoms with Crippen LogP contribution in [0.5, 0.6) is 0 Å². The molecule has 0 fully saturated rings. The van der Waals surface area contributed by atoms with Gasteiger partial charge in [-0.05, 0) is 19.3 Å². The molecule has 0 amide bonds. The molecule has 0 saturated carbocycles. The Bertz CT molecular complexity index is 546. The number of rotatable bonds is 39. The van der Waals surface area contributed by atoms with Gasteiger partial charge in [-0.15, -0.1) is 11.6 Å². The van der Waals surface area contributed by atoms with Crippen LogP contribution < -0.4 is 0 Å². The van der Waals surface area contributed by atoms with Gasteiger partial charge in [-0.2, -0.15) is 0 Å². The largest absolute Gasteiger partial charge is 0.463 e. The predicted octanol–water partition coefficient (Wildman–Crippen LogP) is 4.84. The average molecular weight is 659 g/mol. The van der Waals surface area contributed by atoms with Crippen LogP contribution in [0.4, 0.5) is 0 Å².